The van der Waals surface area contributed by atoms with Crippen LogP contribution in [-0.2, 0) is 16.1 Å². The molecule has 1 amide bonds. The van der Waals surface area contributed by atoms with E-state index in [4.69, 9.17) is 11.6 Å². The first-order chi connectivity index (χ1) is 7.16. The summed E-state index contributed by atoms with van der Waals surface area (Å²) in [6, 6.07) is 1.91. The molecule has 1 fully saturated rings. The Balaban J connectivity index is 2.04. The minimum absolute atomic E-state index is 0.0349. The van der Waals surface area contributed by atoms with Crippen molar-refractivity contribution in [2.24, 2.45) is 0 Å². The van der Waals surface area contributed by atoms with Crippen LogP contribution in [0.4, 0.5) is 0 Å². The summed E-state index contributed by atoms with van der Waals surface area (Å²) in [6.45, 7) is 1.04. The maximum atomic E-state index is 11.5. The van der Waals surface area contributed by atoms with Crippen molar-refractivity contribution in [3.63, 3.8) is 0 Å². The van der Waals surface area contributed by atoms with Crippen LogP contribution >= 0.6 is 22.9 Å². The molecule has 0 saturated carbocycles. The summed E-state index contributed by atoms with van der Waals surface area (Å²) >= 11 is 7.40. The molecule has 2 rings (SSSR count). The molecule has 0 aromatic carbocycles. The lowest BCUT2D eigenvalue weighted by molar-refractivity contribution is -0.139. The highest BCUT2D eigenvalue weighted by molar-refractivity contribution is 7.14. The fourth-order valence-corrected chi connectivity index (χ4v) is 2.47. The molecule has 5 heteroatoms. The highest BCUT2D eigenvalue weighted by Crippen LogP contribution is 2.25. The number of rotatable bonds is 2. The Kier molecular flexibility index (Phi) is 3.07. The largest absolute Gasteiger partial charge is 0.337 e. The lowest BCUT2D eigenvalue weighted by Crippen LogP contribution is -2.38. The predicted octanol–water partition coefficient (Wildman–Crippen LogP) is 2.09. The SMILES string of the molecule is O=C1CCN(Cc2ccsc2Cl)C(=O)C1. The monoisotopic (exact) mass is 243 g/mol. The molecule has 0 unspecified atom stereocenters. The van der Waals surface area contributed by atoms with Crippen molar-refractivity contribution in [1.82, 2.24) is 4.90 Å². The van der Waals surface area contributed by atoms with Gasteiger partial charge in [0.15, 0.2) is 0 Å². The Bertz CT molecular complexity index is 402. The third-order valence-corrected chi connectivity index (χ3v) is 3.67. The van der Waals surface area contributed by atoms with Gasteiger partial charge in [-0.1, -0.05) is 11.6 Å². The smallest absolute Gasteiger partial charge is 0.230 e. The van der Waals surface area contributed by atoms with Gasteiger partial charge in [-0.25, -0.2) is 0 Å². The van der Waals surface area contributed by atoms with Gasteiger partial charge in [-0.15, -0.1) is 11.3 Å². The van der Waals surface area contributed by atoms with Crippen molar-refractivity contribution in [2.45, 2.75) is 19.4 Å². The minimum atomic E-state index is -0.0893. The van der Waals surface area contributed by atoms with Crippen LogP contribution in [0.25, 0.3) is 0 Å². The van der Waals surface area contributed by atoms with Gasteiger partial charge in [-0.2, -0.15) is 0 Å². The molecule has 1 aliphatic heterocycles. The van der Waals surface area contributed by atoms with Gasteiger partial charge in [0.05, 0.1) is 10.8 Å². The predicted molar refractivity (Wildman–Crippen MR) is 59.0 cm³/mol. The summed E-state index contributed by atoms with van der Waals surface area (Å²) in [5.41, 5.74) is 0.962. The first-order valence-electron chi connectivity index (χ1n) is 4.68. The first kappa shape index (κ1) is 10.6. The van der Waals surface area contributed by atoms with Gasteiger partial charge in [0, 0.05) is 25.1 Å². The van der Waals surface area contributed by atoms with Gasteiger partial charge < -0.3 is 4.90 Å². The van der Waals surface area contributed by atoms with Crippen LogP contribution in [0, 0.1) is 0 Å². The van der Waals surface area contributed by atoms with Crippen LogP contribution in [0.2, 0.25) is 4.34 Å². The molecule has 0 aliphatic carbocycles. The fraction of sp³-hybridized carbons (Fsp3) is 0.400. The summed E-state index contributed by atoms with van der Waals surface area (Å²) in [7, 11) is 0. The highest BCUT2D eigenvalue weighted by Gasteiger charge is 2.24. The molecule has 0 atom stereocenters. The molecule has 80 valence electrons. The number of Topliss-reactive ketones (excluding diaryl/α,β-unsaturated/α-hetero) is 1. The number of ketones is 1. The summed E-state index contributed by atoms with van der Waals surface area (Å²) in [5, 5.41) is 1.90. The Morgan fingerprint density at radius 2 is 2.27 bits per heavy atom. The van der Waals surface area contributed by atoms with Crippen molar-refractivity contribution in [1.29, 1.82) is 0 Å². The number of piperidine rings is 1. The number of carbonyl (C=O) groups excluding carboxylic acids is 2. The second-order valence-electron chi connectivity index (χ2n) is 3.50. The number of likely N-dealkylation sites (tertiary alicyclic amines) is 1. The Labute approximate surface area is 96.6 Å². The molecule has 1 aromatic heterocycles. The molecular weight excluding hydrogens is 234 g/mol. The van der Waals surface area contributed by atoms with Gasteiger partial charge in [0.1, 0.15) is 5.78 Å². The lowest BCUT2D eigenvalue weighted by atomic mass is 10.1. The van der Waals surface area contributed by atoms with Crippen molar-refractivity contribution in [3.05, 3.63) is 21.3 Å². The molecule has 0 spiro atoms. The zero-order chi connectivity index (χ0) is 10.8. The molecule has 0 radical (unpaired) electrons. The maximum Gasteiger partial charge on any atom is 0.230 e. The third-order valence-electron chi connectivity index (χ3n) is 2.42. The molecule has 1 aliphatic rings. The van der Waals surface area contributed by atoms with E-state index in [1.165, 1.54) is 11.3 Å². The summed E-state index contributed by atoms with van der Waals surface area (Å²) in [4.78, 5) is 24.2. The third kappa shape index (κ3) is 2.38. The first-order valence-corrected chi connectivity index (χ1v) is 5.94. The van der Waals surface area contributed by atoms with Gasteiger partial charge in [-0.3, -0.25) is 9.59 Å². The average Bonchev–Trinajstić information content (AvgIpc) is 2.57. The zero-order valence-electron chi connectivity index (χ0n) is 8.03. The number of nitrogens with zero attached hydrogens (tertiary/aromatic N) is 1. The molecule has 1 saturated heterocycles. The highest BCUT2D eigenvalue weighted by atomic mass is 35.5. The standard InChI is InChI=1S/C10H10ClNO2S/c11-10-7(2-4-15-10)6-12-3-1-8(13)5-9(12)14/h2,4H,1,3,5-6H2. The van der Waals surface area contributed by atoms with E-state index in [1.54, 1.807) is 4.90 Å². The number of hydrogen-bond acceptors (Lipinski definition) is 3. The van der Waals surface area contributed by atoms with E-state index < -0.39 is 0 Å². The van der Waals surface area contributed by atoms with E-state index >= 15 is 0 Å². The van der Waals surface area contributed by atoms with Gasteiger partial charge in [0.2, 0.25) is 5.91 Å². The van der Waals surface area contributed by atoms with E-state index in [9.17, 15) is 9.59 Å². The van der Waals surface area contributed by atoms with E-state index in [2.05, 4.69) is 0 Å². The number of hydrogen-bond donors (Lipinski definition) is 0. The topological polar surface area (TPSA) is 37.4 Å². The van der Waals surface area contributed by atoms with Crippen LogP contribution < -0.4 is 0 Å². The molecule has 15 heavy (non-hydrogen) atoms. The van der Waals surface area contributed by atoms with Gasteiger partial charge in [-0.05, 0) is 11.4 Å². The van der Waals surface area contributed by atoms with Crippen LogP contribution in [0.1, 0.15) is 18.4 Å². The van der Waals surface area contributed by atoms with Gasteiger partial charge in [0.25, 0.3) is 0 Å². The van der Waals surface area contributed by atoms with Crippen LogP contribution in [-0.4, -0.2) is 23.1 Å². The lowest BCUT2D eigenvalue weighted by Gasteiger charge is -2.25. The molecule has 3 nitrogen and oxygen atoms in total. The maximum absolute atomic E-state index is 11.5. The summed E-state index contributed by atoms with van der Waals surface area (Å²) < 4.78 is 0.722. The van der Waals surface area contributed by atoms with Gasteiger partial charge >= 0.3 is 0 Å². The summed E-state index contributed by atoms with van der Waals surface area (Å²) in [5.74, 6) is -0.0545. The average molecular weight is 244 g/mol. The number of carbonyl (C=O) groups is 2. The molecule has 1 aromatic rings. The van der Waals surface area contributed by atoms with Crippen molar-refractivity contribution in [2.75, 3.05) is 6.54 Å². The van der Waals surface area contributed by atoms with Crippen LogP contribution in [0.15, 0.2) is 11.4 Å². The van der Waals surface area contributed by atoms with E-state index in [-0.39, 0.29) is 18.1 Å². The normalized spacial score (nSPS) is 17.3. The Morgan fingerprint density at radius 1 is 1.47 bits per heavy atom. The number of amides is 1. The number of halogens is 1. The molecule has 0 bridgehead atoms. The quantitative estimate of drug-likeness (QED) is 0.746. The van der Waals surface area contributed by atoms with Crippen LogP contribution in [0.3, 0.4) is 0 Å². The fourth-order valence-electron chi connectivity index (χ4n) is 1.56. The van der Waals surface area contributed by atoms with E-state index in [0.717, 1.165) is 9.90 Å². The summed E-state index contributed by atoms with van der Waals surface area (Å²) in [6.07, 6.45) is 0.509. The van der Waals surface area contributed by atoms with E-state index in [1.807, 2.05) is 11.4 Å². The Morgan fingerprint density at radius 3 is 2.87 bits per heavy atom. The van der Waals surface area contributed by atoms with Crippen LogP contribution in [0.5, 0.6) is 0 Å². The van der Waals surface area contributed by atoms with Crippen molar-refractivity contribution < 1.29 is 9.59 Å². The van der Waals surface area contributed by atoms with E-state index in [0.29, 0.717) is 19.5 Å². The molecule has 2 heterocycles. The Hall–Kier alpha value is -0.870. The van der Waals surface area contributed by atoms with Crippen molar-refractivity contribution in [3.8, 4) is 0 Å². The molecule has 0 N–H and O–H groups in total. The second kappa shape index (κ2) is 4.33. The molecular formula is C10H10ClNO2S. The second-order valence-corrected chi connectivity index (χ2v) is 5.02. The van der Waals surface area contributed by atoms with Crippen molar-refractivity contribution >= 4 is 34.6 Å². The number of thiophene rings is 1. The minimum Gasteiger partial charge on any atom is -0.337 e. The zero-order valence-corrected chi connectivity index (χ0v) is 9.61.